The van der Waals surface area contributed by atoms with Gasteiger partial charge in [0.05, 0.1) is 34.5 Å². The first-order valence-corrected chi connectivity index (χ1v) is 11.0. The number of nitrogens with one attached hydrogen (secondary N) is 1. The number of thiazole rings is 1. The molecule has 1 N–H and O–H groups in total. The molecule has 0 aliphatic carbocycles. The fraction of sp³-hybridized carbons (Fsp3) is 0.105. The second-order valence-corrected chi connectivity index (χ2v) is 9.25. The zero-order valence-corrected chi connectivity index (χ0v) is 16.9. The summed E-state index contributed by atoms with van der Waals surface area (Å²) in [6.07, 6.45) is 1.48. The number of rotatable bonds is 6. The average Bonchev–Trinajstić information content (AvgIpc) is 3.29. The van der Waals surface area contributed by atoms with E-state index in [1.165, 1.54) is 18.4 Å². The van der Waals surface area contributed by atoms with Gasteiger partial charge in [-0.3, -0.25) is 9.36 Å². The molecule has 0 fully saturated rings. The van der Waals surface area contributed by atoms with Crippen molar-refractivity contribution in [2.75, 3.05) is 0 Å². The molecule has 144 valence electrons. The van der Waals surface area contributed by atoms with Crippen LogP contribution in [0.5, 0.6) is 0 Å². The highest BCUT2D eigenvalue weighted by Crippen LogP contribution is 2.24. The van der Waals surface area contributed by atoms with Crippen molar-refractivity contribution in [3.05, 3.63) is 86.9 Å². The molecule has 0 unspecified atom stereocenters. The first-order chi connectivity index (χ1) is 13.4. The second kappa shape index (κ2) is 7.56. The highest BCUT2D eigenvalue weighted by molar-refractivity contribution is 7.89. The van der Waals surface area contributed by atoms with E-state index < -0.39 is 10.0 Å². The summed E-state index contributed by atoms with van der Waals surface area (Å²) in [4.78, 5) is 12.4. The standard InChI is InChI=1S/C19H15ClN2O4S2/c20-16-6-2-1-4-13(16)12-22-17-8-7-15(10-18(17)27-19(22)23)28(24,25)21-11-14-5-3-9-26-14/h1-10,21H,11-12H2. The summed E-state index contributed by atoms with van der Waals surface area (Å²) in [5.41, 5.74) is 1.49. The molecule has 0 aliphatic rings. The smallest absolute Gasteiger partial charge is 0.308 e. The van der Waals surface area contributed by atoms with Crippen LogP contribution in [0, 0.1) is 0 Å². The van der Waals surface area contributed by atoms with Crippen molar-refractivity contribution in [2.24, 2.45) is 0 Å². The molecule has 0 amide bonds. The maximum atomic E-state index is 12.5. The van der Waals surface area contributed by atoms with Crippen LogP contribution < -0.4 is 9.60 Å². The molecule has 0 aliphatic heterocycles. The lowest BCUT2D eigenvalue weighted by atomic mass is 10.2. The second-order valence-electron chi connectivity index (χ2n) is 6.08. The SMILES string of the molecule is O=c1sc2cc(S(=O)(=O)NCc3ccco3)ccc2n1Cc1ccccc1Cl. The molecule has 0 saturated carbocycles. The molecule has 28 heavy (non-hydrogen) atoms. The Morgan fingerprint density at radius 3 is 2.68 bits per heavy atom. The van der Waals surface area contributed by atoms with E-state index in [1.54, 1.807) is 28.8 Å². The van der Waals surface area contributed by atoms with Crippen LogP contribution in [0.25, 0.3) is 10.2 Å². The Balaban J connectivity index is 1.65. The van der Waals surface area contributed by atoms with Crippen molar-refractivity contribution >= 4 is 43.2 Å². The van der Waals surface area contributed by atoms with E-state index in [9.17, 15) is 13.2 Å². The number of nitrogens with zero attached hydrogens (tertiary/aromatic N) is 1. The molecule has 2 heterocycles. The largest absolute Gasteiger partial charge is 0.468 e. The predicted molar refractivity (Wildman–Crippen MR) is 109 cm³/mol. The van der Waals surface area contributed by atoms with Gasteiger partial charge in [-0.15, -0.1) is 0 Å². The summed E-state index contributed by atoms with van der Waals surface area (Å²) in [5.74, 6) is 0.514. The molecule has 9 heteroatoms. The molecular formula is C19H15ClN2O4S2. The number of benzene rings is 2. The molecule has 4 rings (SSSR count). The Morgan fingerprint density at radius 1 is 1.11 bits per heavy atom. The van der Waals surface area contributed by atoms with Crippen molar-refractivity contribution in [3.63, 3.8) is 0 Å². The minimum Gasteiger partial charge on any atom is -0.468 e. The van der Waals surface area contributed by atoms with Crippen LogP contribution >= 0.6 is 22.9 Å². The average molecular weight is 435 g/mol. The van der Waals surface area contributed by atoms with Gasteiger partial charge in [-0.1, -0.05) is 41.1 Å². The lowest BCUT2D eigenvalue weighted by Crippen LogP contribution is -2.23. The molecule has 0 radical (unpaired) electrons. The fourth-order valence-corrected chi connectivity index (χ4v) is 5.04. The van der Waals surface area contributed by atoms with E-state index in [0.717, 1.165) is 16.9 Å². The third-order valence-corrected chi connectivity index (χ3v) is 6.96. The van der Waals surface area contributed by atoms with E-state index in [1.807, 2.05) is 18.2 Å². The van der Waals surface area contributed by atoms with Gasteiger partial charge in [-0.2, -0.15) is 0 Å². The zero-order valence-electron chi connectivity index (χ0n) is 14.5. The van der Waals surface area contributed by atoms with Crippen molar-refractivity contribution in [3.8, 4) is 0 Å². The minimum absolute atomic E-state index is 0.0527. The summed E-state index contributed by atoms with van der Waals surface area (Å²) < 4.78 is 34.9. The normalized spacial score (nSPS) is 11.9. The Kier molecular flexibility index (Phi) is 5.11. The minimum atomic E-state index is -3.73. The van der Waals surface area contributed by atoms with E-state index in [4.69, 9.17) is 16.0 Å². The third kappa shape index (κ3) is 3.77. The summed E-state index contributed by atoms with van der Waals surface area (Å²) in [5, 5.41) is 0.579. The molecule has 2 aromatic heterocycles. The Morgan fingerprint density at radius 2 is 1.93 bits per heavy atom. The maximum absolute atomic E-state index is 12.5. The molecule has 4 aromatic rings. The first-order valence-electron chi connectivity index (χ1n) is 8.33. The first kappa shape index (κ1) is 18.9. The lowest BCUT2D eigenvalue weighted by Gasteiger charge is -2.08. The number of fused-ring (bicyclic) bond motifs is 1. The molecule has 6 nitrogen and oxygen atoms in total. The molecule has 0 bridgehead atoms. The Bertz CT molecular complexity index is 1290. The van der Waals surface area contributed by atoms with Gasteiger partial charge in [0.15, 0.2) is 0 Å². The highest BCUT2D eigenvalue weighted by atomic mass is 35.5. The van der Waals surface area contributed by atoms with Crippen molar-refractivity contribution in [2.45, 2.75) is 18.0 Å². The van der Waals surface area contributed by atoms with Crippen molar-refractivity contribution in [1.29, 1.82) is 0 Å². The maximum Gasteiger partial charge on any atom is 0.308 e. The number of furan rings is 1. The van der Waals surface area contributed by atoms with E-state index in [0.29, 0.717) is 27.5 Å². The Hall–Kier alpha value is -2.39. The van der Waals surface area contributed by atoms with E-state index >= 15 is 0 Å². The van der Waals surface area contributed by atoms with Crippen molar-refractivity contribution in [1.82, 2.24) is 9.29 Å². The van der Waals surface area contributed by atoms with Gasteiger partial charge in [-0.25, -0.2) is 13.1 Å². The van der Waals surface area contributed by atoms with Crippen LogP contribution in [-0.4, -0.2) is 13.0 Å². The topological polar surface area (TPSA) is 81.3 Å². The van der Waals surface area contributed by atoms with E-state index in [2.05, 4.69) is 4.72 Å². The molecule has 2 aromatic carbocycles. The number of halogens is 1. The van der Waals surface area contributed by atoms with Gasteiger partial charge in [0.1, 0.15) is 5.76 Å². The van der Waals surface area contributed by atoms with Gasteiger partial charge in [0.25, 0.3) is 0 Å². The van der Waals surface area contributed by atoms with Crippen LogP contribution in [0.15, 0.2) is 75.0 Å². The van der Waals surface area contributed by atoms with Crippen LogP contribution in [0.4, 0.5) is 0 Å². The van der Waals surface area contributed by atoms with Gasteiger partial charge in [0, 0.05) is 5.02 Å². The Labute approximate surface area is 170 Å². The number of aromatic nitrogens is 1. The summed E-state index contributed by atoms with van der Waals surface area (Å²) >= 11 is 7.20. The zero-order chi connectivity index (χ0) is 19.7. The number of sulfonamides is 1. The summed E-state index contributed by atoms with van der Waals surface area (Å²) in [6.45, 7) is 0.373. The van der Waals surface area contributed by atoms with Gasteiger partial charge in [-0.05, 0) is 42.0 Å². The van der Waals surface area contributed by atoms with Gasteiger partial charge < -0.3 is 4.42 Å². The molecule has 0 spiro atoms. The quantitative estimate of drug-likeness (QED) is 0.500. The van der Waals surface area contributed by atoms with Crippen LogP contribution in [-0.2, 0) is 23.1 Å². The highest BCUT2D eigenvalue weighted by Gasteiger charge is 2.17. The van der Waals surface area contributed by atoms with Crippen LogP contribution in [0.3, 0.4) is 0 Å². The summed E-state index contributed by atoms with van der Waals surface area (Å²) in [7, 11) is -3.73. The van der Waals surface area contributed by atoms with Crippen LogP contribution in [0.2, 0.25) is 5.02 Å². The monoisotopic (exact) mass is 434 g/mol. The van der Waals surface area contributed by atoms with Crippen molar-refractivity contribution < 1.29 is 12.8 Å². The van der Waals surface area contributed by atoms with Crippen LogP contribution in [0.1, 0.15) is 11.3 Å². The number of hydrogen-bond acceptors (Lipinski definition) is 5. The molecule has 0 saturated heterocycles. The number of hydrogen-bond donors (Lipinski definition) is 1. The van der Waals surface area contributed by atoms with E-state index in [-0.39, 0.29) is 16.3 Å². The predicted octanol–water partition coefficient (Wildman–Crippen LogP) is 3.84. The lowest BCUT2D eigenvalue weighted by molar-refractivity contribution is 0.498. The molecular weight excluding hydrogens is 420 g/mol. The summed E-state index contributed by atoms with van der Waals surface area (Å²) in [6, 6.07) is 15.3. The van der Waals surface area contributed by atoms with Gasteiger partial charge in [0.2, 0.25) is 10.0 Å². The molecule has 0 atom stereocenters. The van der Waals surface area contributed by atoms with Gasteiger partial charge >= 0.3 is 4.87 Å². The fourth-order valence-electron chi connectivity index (χ4n) is 2.82. The third-order valence-electron chi connectivity index (χ3n) is 4.25.